The van der Waals surface area contributed by atoms with Crippen LogP contribution in [0.5, 0.6) is 0 Å². The van der Waals surface area contributed by atoms with Crippen molar-refractivity contribution in [2.24, 2.45) is 0 Å². The predicted octanol–water partition coefficient (Wildman–Crippen LogP) is 4.32. The van der Waals surface area contributed by atoms with Gasteiger partial charge in [0.25, 0.3) is 5.56 Å². The molecule has 1 heterocycles. The van der Waals surface area contributed by atoms with Crippen LogP contribution >= 0.6 is 11.8 Å². The number of hydrogen-bond donors (Lipinski definition) is 0. The smallest absolute Gasteiger partial charge is 0.266 e. The number of hydrogen-bond acceptors (Lipinski definition) is 4. The average Bonchev–Trinajstić information content (AvgIpc) is 2.69. The van der Waals surface area contributed by atoms with E-state index in [1.165, 1.54) is 4.57 Å². The molecule has 0 fully saturated rings. The molecule has 0 amide bonds. The van der Waals surface area contributed by atoms with Gasteiger partial charge < -0.3 is 0 Å². The Morgan fingerprint density at radius 2 is 1.42 bits per heavy atom. The molecule has 126 valence electrons. The molecule has 5 heteroatoms. The van der Waals surface area contributed by atoms with Gasteiger partial charge in [-0.1, -0.05) is 60.7 Å². The van der Waals surface area contributed by atoms with Crippen LogP contribution in [0.25, 0.3) is 16.6 Å². The topological polar surface area (TPSA) is 52.0 Å². The molecule has 0 spiro atoms. The number of carbonyl (C=O) groups excluding carboxylic acids is 1. The molecule has 4 nitrogen and oxygen atoms in total. The summed E-state index contributed by atoms with van der Waals surface area (Å²) in [6, 6.07) is 25.4. The van der Waals surface area contributed by atoms with Crippen LogP contribution in [-0.2, 0) is 0 Å². The number of thioether (sulfide) groups is 1. The fourth-order valence-electron chi connectivity index (χ4n) is 2.70. The lowest BCUT2D eigenvalue weighted by atomic mass is 10.2. The van der Waals surface area contributed by atoms with E-state index in [2.05, 4.69) is 4.98 Å². The fraction of sp³-hybridized carbons (Fsp3) is 0. The van der Waals surface area contributed by atoms with Crippen molar-refractivity contribution >= 4 is 27.8 Å². The van der Waals surface area contributed by atoms with Crippen molar-refractivity contribution in [1.29, 1.82) is 0 Å². The van der Waals surface area contributed by atoms with E-state index in [1.807, 2.05) is 60.7 Å². The highest BCUT2D eigenvalue weighted by molar-refractivity contribution is 8.14. The van der Waals surface area contributed by atoms with E-state index in [0.717, 1.165) is 11.8 Å². The van der Waals surface area contributed by atoms with Crippen LogP contribution in [-0.4, -0.2) is 14.7 Å². The van der Waals surface area contributed by atoms with E-state index < -0.39 is 0 Å². The van der Waals surface area contributed by atoms with Gasteiger partial charge in [0, 0.05) is 5.56 Å². The van der Waals surface area contributed by atoms with Crippen LogP contribution in [0.15, 0.2) is 94.9 Å². The second kappa shape index (κ2) is 6.98. The van der Waals surface area contributed by atoms with Gasteiger partial charge in [-0.25, -0.2) is 4.98 Å². The van der Waals surface area contributed by atoms with Gasteiger partial charge in [-0.2, -0.15) is 0 Å². The Hall–Kier alpha value is -3.18. The summed E-state index contributed by atoms with van der Waals surface area (Å²) in [6.45, 7) is 0. The van der Waals surface area contributed by atoms with Gasteiger partial charge in [-0.3, -0.25) is 14.2 Å². The van der Waals surface area contributed by atoms with Crippen molar-refractivity contribution in [2.45, 2.75) is 5.16 Å². The maximum absolute atomic E-state index is 13.1. The molecule has 0 saturated heterocycles. The molecule has 0 aliphatic carbocycles. The summed E-state index contributed by atoms with van der Waals surface area (Å²) in [4.78, 5) is 30.3. The number of aromatic nitrogens is 2. The van der Waals surface area contributed by atoms with Crippen LogP contribution in [0.4, 0.5) is 0 Å². The molecule has 3 aromatic carbocycles. The molecule has 0 atom stereocenters. The van der Waals surface area contributed by atoms with E-state index in [0.29, 0.717) is 27.3 Å². The summed E-state index contributed by atoms with van der Waals surface area (Å²) in [7, 11) is 0. The molecule has 4 aromatic rings. The molecule has 26 heavy (non-hydrogen) atoms. The summed E-state index contributed by atoms with van der Waals surface area (Å²) in [6.07, 6.45) is 0. The predicted molar refractivity (Wildman–Crippen MR) is 104 cm³/mol. The number of benzene rings is 3. The number of nitrogens with zero attached hydrogens (tertiary/aromatic N) is 2. The standard InChI is InChI=1S/C21H14N2O2S/c24-19-17-13-7-8-14-18(17)22-21(23(19)16-11-5-2-6-12-16)26-20(25)15-9-3-1-4-10-15/h1-14H. The minimum atomic E-state index is -0.190. The number of para-hydroxylation sites is 2. The van der Waals surface area contributed by atoms with Crippen molar-refractivity contribution < 1.29 is 4.79 Å². The highest BCUT2D eigenvalue weighted by atomic mass is 32.2. The molecule has 0 N–H and O–H groups in total. The maximum Gasteiger partial charge on any atom is 0.266 e. The maximum atomic E-state index is 13.1. The lowest BCUT2D eigenvalue weighted by Gasteiger charge is -2.12. The van der Waals surface area contributed by atoms with E-state index >= 15 is 0 Å². The van der Waals surface area contributed by atoms with Crippen molar-refractivity contribution in [3.05, 3.63) is 101 Å². The van der Waals surface area contributed by atoms with Gasteiger partial charge in [0.1, 0.15) is 0 Å². The van der Waals surface area contributed by atoms with E-state index in [-0.39, 0.29) is 10.7 Å². The molecule has 0 saturated carbocycles. The summed E-state index contributed by atoms with van der Waals surface area (Å²) in [5, 5.41) is 0.721. The summed E-state index contributed by atoms with van der Waals surface area (Å²) >= 11 is 0.960. The second-order valence-electron chi connectivity index (χ2n) is 5.64. The molecule has 0 aliphatic heterocycles. The zero-order valence-corrected chi connectivity index (χ0v) is 14.5. The normalized spacial score (nSPS) is 10.8. The quantitative estimate of drug-likeness (QED) is 0.404. The Balaban J connectivity index is 1.90. The summed E-state index contributed by atoms with van der Waals surface area (Å²) in [5.74, 6) is 0. The summed E-state index contributed by atoms with van der Waals surface area (Å²) < 4.78 is 1.49. The third-order valence-corrected chi connectivity index (χ3v) is 4.83. The molecule has 0 bridgehead atoms. The van der Waals surface area contributed by atoms with Gasteiger partial charge in [0.2, 0.25) is 5.12 Å². The highest BCUT2D eigenvalue weighted by Gasteiger charge is 2.17. The Labute approximate surface area is 154 Å². The summed E-state index contributed by atoms with van der Waals surface area (Å²) in [5.41, 5.74) is 1.64. The molecule has 1 aromatic heterocycles. The highest BCUT2D eigenvalue weighted by Crippen LogP contribution is 2.24. The van der Waals surface area contributed by atoms with Crippen LogP contribution in [0.2, 0.25) is 0 Å². The second-order valence-corrected chi connectivity index (χ2v) is 6.58. The third kappa shape index (κ3) is 3.05. The minimum absolute atomic E-state index is 0.155. The zero-order valence-electron chi connectivity index (χ0n) is 13.7. The molecule has 4 rings (SSSR count). The van der Waals surface area contributed by atoms with Crippen LogP contribution in [0, 0.1) is 0 Å². The molecule has 0 radical (unpaired) electrons. The first kappa shape index (κ1) is 16.3. The van der Waals surface area contributed by atoms with Crippen LogP contribution < -0.4 is 5.56 Å². The lowest BCUT2D eigenvalue weighted by Crippen LogP contribution is -2.22. The zero-order chi connectivity index (χ0) is 17.9. The van der Waals surface area contributed by atoms with Gasteiger partial charge in [-0.15, -0.1) is 0 Å². The van der Waals surface area contributed by atoms with E-state index in [1.54, 1.807) is 24.3 Å². The van der Waals surface area contributed by atoms with Gasteiger partial charge in [-0.05, 0) is 36.0 Å². The van der Waals surface area contributed by atoms with E-state index in [4.69, 9.17) is 0 Å². The van der Waals surface area contributed by atoms with E-state index in [9.17, 15) is 9.59 Å². The van der Waals surface area contributed by atoms with Gasteiger partial charge in [0.15, 0.2) is 5.16 Å². The Morgan fingerprint density at radius 1 is 0.808 bits per heavy atom. The number of rotatable bonds is 3. The third-order valence-electron chi connectivity index (χ3n) is 3.95. The van der Waals surface area contributed by atoms with Crippen molar-refractivity contribution in [1.82, 2.24) is 9.55 Å². The lowest BCUT2D eigenvalue weighted by molar-refractivity contribution is 0.108. The Kier molecular flexibility index (Phi) is 4.37. The molecule has 0 unspecified atom stereocenters. The molecule has 0 aliphatic rings. The number of carbonyl (C=O) groups is 1. The van der Waals surface area contributed by atoms with Gasteiger partial charge >= 0.3 is 0 Å². The largest absolute Gasteiger partial charge is 0.281 e. The van der Waals surface area contributed by atoms with Crippen molar-refractivity contribution in [2.75, 3.05) is 0 Å². The SMILES string of the molecule is O=C(Sc1nc2ccccc2c(=O)n1-c1ccccc1)c1ccccc1. The average molecular weight is 358 g/mol. The molecular formula is C21H14N2O2S. The first-order chi connectivity index (χ1) is 12.7. The monoisotopic (exact) mass is 358 g/mol. The van der Waals surface area contributed by atoms with Crippen LogP contribution in [0.1, 0.15) is 10.4 Å². The first-order valence-corrected chi connectivity index (χ1v) is 8.90. The molecular weight excluding hydrogens is 344 g/mol. The Morgan fingerprint density at radius 3 is 2.15 bits per heavy atom. The van der Waals surface area contributed by atoms with Gasteiger partial charge in [0.05, 0.1) is 16.6 Å². The first-order valence-electron chi connectivity index (χ1n) is 8.08. The fourth-order valence-corrected chi connectivity index (χ4v) is 3.54. The van der Waals surface area contributed by atoms with Crippen molar-refractivity contribution in [3.8, 4) is 5.69 Å². The Bertz CT molecular complexity index is 1140. The minimum Gasteiger partial charge on any atom is -0.281 e. The number of fused-ring (bicyclic) bond motifs is 1. The van der Waals surface area contributed by atoms with Crippen LogP contribution in [0.3, 0.4) is 0 Å². The van der Waals surface area contributed by atoms with Crippen molar-refractivity contribution in [3.63, 3.8) is 0 Å².